The molecule has 0 aliphatic carbocycles. The van der Waals surface area contributed by atoms with E-state index in [4.69, 9.17) is 4.74 Å². The van der Waals surface area contributed by atoms with Gasteiger partial charge in [-0.2, -0.15) is 0 Å². The van der Waals surface area contributed by atoms with Crippen molar-refractivity contribution >= 4 is 17.7 Å². The summed E-state index contributed by atoms with van der Waals surface area (Å²) in [6.07, 6.45) is 0.917. The summed E-state index contributed by atoms with van der Waals surface area (Å²) in [6.45, 7) is 3.89. The largest absolute Gasteiger partial charge is 0.450 e. The van der Waals surface area contributed by atoms with Gasteiger partial charge in [0.2, 0.25) is 0 Å². The molecule has 0 spiro atoms. The highest BCUT2D eigenvalue weighted by molar-refractivity contribution is 8.01. The van der Waals surface area contributed by atoms with Gasteiger partial charge >= 0.3 is 5.97 Å². The highest BCUT2D eigenvalue weighted by Crippen LogP contribution is 2.29. The summed E-state index contributed by atoms with van der Waals surface area (Å²) in [4.78, 5) is 10.7. The van der Waals surface area contributed by atoms with Crippen LogP contribution in [0.25, 0.3) is 0 Å². The minimum absolute atomic E-state index is 0.0509. The third-order valence-electron chi connectivity index (χ3n) is 1.27. The van der Waals surface area contributed by atoms with Crippen molar-refractivity contribution in [2.45, 2.75) is 31.0 Å². The fourth-order valence-corrected chi connectivity index (χ4v) is 1.68. The second-order valence-corrected chi connectivity index (χ2v) is 3.56. The summed E-state index contributed by atoms with van der Waals surface area (Å²) < 4.78 is 4.95. The summed E-state index contributed by atoms with van der Waals surface area (Å²) in [7, 11) is 0. The number of ether oxygens (including phenoxy) is 1. The van der Waals surface area contributed by atoms with Crippen LogP contribution in [0.15, 0.2) is 0 Å². The summed E-state index contributed by atoms with van der Waals surface area (Å²) in [5, 5.41) is 0.0509. The van der Waals surface area contributed by atoms with Crippen LogP contribution in [0.1, 0.15) is 20.3 Å². The van der Waals surface area contributed by atoms with Crippen LogP contribution >= 0.6 is 11.8 Å². The maximum atomic E-state index is 10.7. The van der Waals surface area contributed by atoms with Crippen molar-refractivity contribution in [1.29, 1.82) is 0 Å². The number of thioether (sulfide) groups is 1. The molecule has 0 aromatic carbocycles. The average Bonchev–Trinajstić information content (AvgIpc) is 2.13. The fourth-order valence-electron chi connectivity index (χ4n) is 0.716. The molecule has 52 valence electrons. The first-order chi connectivity index (χ1) is 4.24. The van der Waals surface area contributed by atoms with Gasteiger partial charge in [0.25, 0.3) is 0 Å². The van der Waals surface area contributed by atoms with Gasteiger partial charge in [0, 0.05) is 0 Å². The molecule has 0 radical (unpaired) electrons. The van der Waals surface area contributed by atoms with Crippen LogP contribution in [-0.4, -0.2) is 16.7 Å². The van der Waals surface area contributed by atoms with Crippen LogP contribution in [-0.2, 0) is 9.53 Å². The predicted octanol–water partition coefficient (Wildman–Crippen LogP) is 1.40. The topological polar surface area (TPSA) is 26.3 Å². The lowest BCUT2D eigenvalue weighted by molar-refractivity contribution is -0.142. The van der Waals surface area contributed by atoms with Crippen LogP contribution in [0, 0.1) is 0 Å². The summed E-state index contributed by atoms with van der Waals surface area (Å²) in [5.74, 6) is -0.0631. The van der Waals surface area contributed by atoms with Gasteiger partial charge in [-0.3, -0.25) is 4.79 Å². The molecule has 2 unspecified atom stereocenters. The Kier molecular flexibility index (Phi) is 2.01. The van der Waals surface area contributed by atoms with Crippen molar-refractivity contribution in [3.05, 3.63) is 0 Å². The number of hydrogen-bond donors (Lipinski definition) is 0. The highest BCUT2D eigenvalue weighted by Gasteiger charge is 2.29. The van der Waals surface area contributed by atoms with Crippen molar-refractivity contribution in [3.8, 4) is 0 Å². The van der Waals surface area contributed by atoms with E-state index in [2.05, 4.69) is 0 Å². The minimum Gasteiger partial charge on any atom is -0.450 e. The molecule has 0 N–H and O–H groups in total. The van der Waals surface area contributed by atoms with E-state index in [0.29, 0.717) is 0 Å². The molecule has 0 amide bonds. The Morgan fingerprint density at radius 2 is 2.44 bits per heavy atom. The van der Waals surface area contributed by atoms with Gasteiger partial charge in [0.15, 0.2) is 0 Å². The molecule has 0 aromatic rings. The average molecular weight is 146 g/mol. The molecule has 1 aliphatic heterocycles. The first-order valence-electron chi connectivity index (χ1n) is 3.10. The maximum absolute atomic E-state index is 10.7. The van der Waals surface area contributed by atoms with Crippen LogP contribution in [0.3, 0.4) is 0 Å². The lowest BCUT2D eigenvalue weighted by Gasteiger charge is -2.00. The van der Waals surface area contributed by atoms with Gasteiger partial charge in [0.1, 0.15) is 10.7 Å². The Morgan fingerprint density at radius 1 is 1.78 bits per heavy atom. The lowest BCUT2D eigenvalue weighted by atomic mass is 10.5. The Bertz CT molecular complexity index is 124. The van der Waals surface area contributed by atoms with Gasteiger partial charge in [0.05, 0.1) is 0 Å². The Morgan fingerprint density at radius 3 is 2.67 bits per heavy atom. The zero-order chi connectivity index (χ0) is 6.85. The van der Waals surface area contributed by atoms with Crippen LogP contribution in [0.5, 0.6) is 0 Å². The van der Waals surface area contributed by atoms with Crippen molar-refractivity contribution in [2.75, 3.05) is 0 Å². The number of cyclic esters (lactones) is 1. The zero-order valence-corrected chi connectivity index (χ0v) is 6.40. The van der Waals surface area contributed by atoms with Gasteiger partial charge < -0.3 is 4.74 Å². The molecule has 0 bridgehead atoms. The molecule has 0 saturated carbocycles. The smallest absolute Gasteiger partial charge is 0.320 e. The number of carbonyl (C=O) groups is 1. The molecular weight excluding hydrogens is 136 g/mol. The summed E-state index contributed by atoms with van der Waals surface area (Å²) >= 11 is 1.60. The van der Waals surface area contributed by atoms with E-state index >= 15 is 0 Å². The monoisotopic (exact) mass is 146 g/mol. The minimum atomic E-state index is -0.0631. The van der Waals surface area contributed by atoms with Crippen LogP contribution < -0.4 is 0 Å². The maximum Gasteiger partial charge on any atom is 0.320 e. The molecule has 1 saturated heterocycles. The Balaban J connectivity index is 2.44. The molecule has 1 rings (SSSR count). The van der Waals surface area contributed by atoms with Gasteiger partial charge in [-0.1, -0.05) is 6.92 Å². The van der Waals surface area contributed by atoms with E-state index in [0.717, 1.165) is 6.42 Å². The Hall–Kier alpha value is -0.180. The quantitative estimate of drug-likeness (QED) is 0.523. The van der Waals surface area contributed by atoms with E-state index in [1.165, 1.54) is 0 Å². The van der Waals surface area contributed by atoms with Crippen molar-refractivity contribution in [3.63, 3.8) is 0 Å². The third-order valence-corrected chi connectivity index (χ3v) is 2.60. The standard InChI is InChI=1S/C6H10O2S/c1-3-5-8-6(7)4(2)9-5/h4-5H,3H2,1-2H3. The third kappa shape index (κ3) is 1.39. The van der Waals surface area contributed by atoms with Crippen LogP contribution in [0.4, 0.5) is 0 Å². The molecule has 0 aromatic heterocycles. The molecule has 1 fully saturated rings. The van der Waals surface area contributed by atoms with Crippen molar-refractivity contribution in [2.24, 2.45) is 0 Å². The second-order valence-electron chi connectivity index (χ2n) is 2.05. The van der Waals surface area contributed by atoms with E-state index in [9.17, 15) is 4.79 Å². The molecule has 2 nitrogen and oxygen atoms in total. The van der Waals surface area contributed by atoms with E-state index in [1.807, 2.05) is 13.8 Å². The molecule has 1 aliphatic rings. The first kappa shape index (κ1) is 6.93. The highest BCUT2D eigenvalue weighted by atomic mass is 32.2. The van der Waals surface area contributed by atoms with Crippen molar-refractivity contribution in [1.82, 2.24) is 0 Å². The molecular formula is C6H10O2S. The van der Waals surface area contributed by atoms with E-state index < -0.39 is 0 Å². The molecule has 2 atom stereocenters. The zero-order valence-electron chi connectivity index (χ0n) is 5.59. The number of carbonyl (C=O) groups excluding carboxylic acids is 1. The van der Waals surface area contributed by atoms with Gasteiger partial charge in [-0.25, -0.2) is 0 Å². The first-order valence-corrected chi connectivity index (χ1v) is 4.04. The summed E-state index contributed by atoms with van der Waals surface area (Å²) in [6, 6.07) is 0. The Labute approximate surface area is 59.0 Å². The van der Waals surface area contributed by atoms with Crippen molar-refractivity contribution < 1.29 is 9.53 Å². The number of rotatable bonds is 1. The van der Waals surface area contributed by atoms with Crippen LogP contribution in [0.2, 0.25) is 0 Å². The number of esters is 1. The predicted molar refractivity (Wildman–Crippen MR) is 37.2 cm³/mol. The second kappa shape index (κ2) is 2.60. The lowest BCUT2D eigenvalue weighted by Crippen LogP contribution is -2.07. The SMILES string of the molecule is CCC1OC(=O)C(C)S1. The van der Waals surface area contributed by atoms with E-state index in [1.54, 1.807) is 11.8 Å². The van der Waals surface area contributed by atoms with Gasteiger partial charge in [-0.15, -0.1) is 11.8 Å². The molecule has 1 heterocycles. The van der Waals surface area contributed by atoms with Gasteiger partial charge in [-0.05, 0) is 13.3 Å². The molecule has 9 heavy (non-hydrogen) atoms. The summed E-state index contributed by atoms with van der Waals surface area (Å²) in [5.41, 5.74) is 0.118. The number of hydrogen-bond acceptors (Lipinski definition) is 3. The molecule has 3 heteroatoms. The van der Waals surface area contributed by atoms with E-state index in [-0.39, 0.29) is 16.7 Å². The fraction of sp³-hybridized carbons (Fsp3) is 0.833. The normalized spacial score (nSPS) is 34.7.